The SMILES string of the molecule is NC(=S)c1cc(Cl)ccc1OC1CCCC1. The lowest BCUT2D eigenvalue weighted by atomic mass is 10.2. The zero-order chi connectivity index (χ0) is 11.5. The van der Waals surface area contributed by atoms with Gasteiger partial charge in [-0.15, -0.1) is 0 Å². The first-order valence-electron chi connectivity index (χ1n) is 5.43. The van der Waals surface area contributed by atoms with E-state index < -0.39 is 0 Å². The van der Waals surface area contributed by atoms with Crippen LogP contribution in [0.5, 0.6) is 5.75 Å². The highest BCUT2D eigenvalue weighted by molar-refractivity contribution is 7.80. The van der Waals surface area contributed by atoms with Gasteiger partial charge >= 0.3 is 0 Å². The van der Waals surface area contributed by atoms with E-state index in [1.807, 2.05) is 6.07 Å². The molecular formula is C12H14ClNOS. The number of rotatable bonds is 3. The molecule has 0 radical (unpaired) electrons. The van der Waals surface area contributed by atoms with Crippen molar-refractivity contribution in [2.45, 2.75) is 31.8 Å². The van der Waals surface area contributed by atoms with Crippen molar-refractivity contribution in [1.29, 1.82) is 0 Å². The molecule has 2 N–H and O–H groups in total. The molecule has 0 amide bonds. The van der Waals surface area contributed by atoms with Gasteiger partial charge in [-0.3, -0.25) is 0 Å². The summed E-state index contributed by atoms with van der Waals surface area (Å²) in [7, 11) is 0. The molecule has 0 aliphatic heterocycles. The summed E-state index contributed by atoms with van der Waals surface area (Å²) >= 11 is 10.9. The van der Waals surface area contributed by atoms with Crippen LogP contribution in [0, 0.1) is 0 Å². The zero-order valence-corrected chi connectivity index (χ0v) is 10.5. The van der Waals surface area contributed by atoms with E-state index in [2.05, 4.69) is 0 Å². The highest BCUT2D eigenvalue weighted by atomic mass is 35.5. The molecule has 1 aliphatic rings. The van der Waals surface area contributed by atoms with Gasteiger partial charge in [0.1, 0.15) is 10.7 Å². The van der Waals surface area contributed by atoms with Crippen LogP contribution in [0.2, 0.25) is 5.02 Å². The molecular weight excluding hydrogens is 242 g/mol. The third-order valence-corrected chi connectivity index (χ3v) is 3.26. The molecule has 0 saturated heterocycles. The minimum atomic E-state index is 0.300. The predicted molar refractivity (Wildman–Crippen MR) is 70.2 cm³/mol. The Morgan fingerprint density at radius 1 is 1.38 bits per heavy atom. The summed E-state index contributed by atoms with van der Waals surface area (Å²) in [5.41, 5.74) is 6.38. The zero-order valence-electron chi connectivity index (χ0n) is 8.91. The third kappa shape index (κ3) is 2.66. The number of ether oxygens (including phenoxy) is 1. The number of thiocarbonyl (C=S) groups is 1. The van der Waals surface area contributed by atoms with Crippen molar-refractivity contribution < 1.29 is 4.74 Å². The second kappa shape index (κ2) is 5.02. The molecule has 1 saturated carbocycles. The Morgan fingerprint density at radius 2 is 2.06 bits per heavy atom. The minimum Gasteiger partial charge on any atom is -0.490 e. The van der Waals surface area contributed by atoms with Crippen molar-refractivity contribution in [2.24, 2.45) is 5.73 Å². The van der Waals surface area contributed by atoms with Gasteiger partial charge in [0.05, 0.1) is 11.7 Å². The van der Waals surface area contributed by atoms with Crippen LogP contribution in [0.15, 0.2) is 18.2 Å². The fourth-order valence-electron chi connectivity index (χ4n) is 1.98. The van der Waals surface area contributed by atoms with E-state index in [4.69, 9.17) is 34.3 Å². The summed E-state index contributed by atoms with van der Waals surface area (Å²) < 4.78 is 5.90. The molecule has 1 fully saturated rings. The Kier molecular flexibility index (Phi) is 3.66. The van der Waals surface area contributed by atoms with E-state index in [-0.39, 0.29) is 0 Å². The molecule has 2 rings (SSSR count). The Hall–Kier alpha value is -0.800. The summed E-state index contributed by atoms with van der Waals surface area (Å²) in [5, 5.41) is 0.626. The van der Waals surface area contributed by atoms with Crippen LogP contribution in [0.25, 0.3) is 0 Å². The second-order valence-electron chi connectivity index (χ2n) is 4.03. The van der Waals surface area contributed by atoms with Crippen LogP contribution in [0.3, 0.4) is 0 Å². The molecule has 0 aromatic heterocycles. The topological polar surface area (TPSA) is 35.2 Å². The Bertz CT molecular complexity index is 402. The molecule has 1 aromatic carbocycles. The number of benzene rings is 1. The van der Waals surface area contributed by atoms with E-state index in [9.17, 15) is 0 Å². The average molecular weight is 256 g/mol. The first-order chi connectivity index (χ1) is 7.66. The molecule has 0 heterocycles. The second-order valence-corrected chi connectivity index (χ2v) is 4.91. The van der Waals surface area contributed by atoms with E-state index >= 15 is 0 Å². The standard InChI is InChI=1S/C12H14ClNOS/c13-8-5-6-11(10(7-8)12(14)16)15-9-3-1-2-4-9/h5-7,9H,1-4H2,(H2,14,16). The maximum absolute atomic E-state index is 5.91. The number of hydrogen-bond acceptors (Lipinski definition) is 2. The molecule has 0 unspecified atom stereocenters. The van der Waals surface area contributed by atoms with Crippen LogP contribution in [0.1, 0.15) is 31.2 Å². The van der Waals surface area contributed by atoms with Gasteiger partial charge in [-0.1, -0.05) is 23.8 Å². The molecule has 0 bridgehead atoms. The van der Waals surface area contributed by atoms with Gasteiger partial charge in [0.2, 0.25) is 0 Å². The summed E-state index contributed by atoms with van der Waals surface area (Å²) in [6.45, 7) is 0. The molecule has 1 aromatic rings. The smallest absolute Gasteiger partial charge is 0.129 e. The lowest BCUT2D eigenvalue weighted by molar-refractivity contribution is 0.209. The summed E-state index contributed by atoms with van der Waals surface area (Å²) in [5.74, 6) is 0.754. The van der Waals surface area contributed by atoms with E-state index in [0.717, 1.165) is 24.2 Å². The van der Waals surface area contributed by atoms with Crippen molar-refractivity contribution in [3.05, 3.63) is 28.8 Å². The first-order valence-corrected chi connectivity index (χ1v) is 6.21. The molecule has 2 nitrogen and oxygen atoms in total. The van der Waals surface area contributed by atoms with E-state index in [1.165, 1.54) is 12.8 Å². The van der Waals surface area contributed by atoms with Gasteiger partial charge in [-0.05, 0) is 43.9 Å². The number of hydrogen-bond donors (Lipinski definition) is 1. The van der Waals surface area contributed by atoms with E-state index in [1.54, 1.807) is 12.1 Å². The number of nitrogens with two attached hydrogens (primary N) is 1. The third-order valence-electron chi connectivity index (χ3n) is 2.80. The molecule has 1 aliphatic carbocycles. The van der Waals surface area contributed by atoms with Gasteiger partial charge in [0.25, 0.3) is 0 Å². The fourth-order valence-corrected chi connectivity index (χ4v) is 2.31. The maximum Gasteiger partial charge on any atom is 0.129 e. The molecule has 16 heavy (non-hydrogen) atoms. The Morgan fingerprint density at radius 3 is 2.69 bits per heavy atom. The first kappa shape index (κ1) is 11.7. The Labute approximate surface area is 106 Å². The van der Waals surface area contributed by atoms with Gasteiger partial charge in [0, 0.05) is 5.02 Å². The lowest BCUT2D eigenvalue weighted by Crippen LogP contribution is -2.16. The van der Waals surface area contributed by atoms with Crippen molar-refractivity contribution >= 4 is 28.8 Å². The largest absolute Gasteiger partial charge is 0.490 e. The normalized spacial score (nSPS) is 16.3. The molecule has 86 valence electrons. The van der Waals surface area contributed by atoms with Gasteiger partial charge in [0.15, 0.2) is 0 Å². The lowest BCUT2D eigenvalue weighted by Gasteiger charge is -2.16. The van der Waals surface area contributed by atoms with Crippen molar-refractivity contribution in [2.75, 3.05) is 0 Å². The van der Waals surface area contributed by atoms with Crippen LogP contribution in [0.4, 0.5) is 0 Å². The monoisotopic (exact) mass is 255 g/mol. The summed E-state index contributed by atoms with van der Waals surface area (Å²) in [4.78, 5) is 0.329. The molecule has 0 atom stereocenters. The van der Waals surface area contributed by atoms with Crippen molar-refractivity contribution in [1.82, 2.24) is 0 Å². The summed E-state index contributed by atoms with van der Waals surface area (Å²) in [6, 6.07) is 5.40. The number of halogens is 1. The minimum absolute atomic E-state index is 0.300. The molecule has 0 spiro atoms. The average Bonchev–Trinajstić information content (AvgIpc) is 2.73. The fraction of sp³-hybridized carbons (Fsp3) is 0.417. The van der Waals surface area contributed by atoms with E-state index in [0.29, 0.717) is 16.1 Å². The quantitative estimate of drug-likeness (QED) is 0.842. The van der Waals surface area contributed by atoms with Crippen LogP contribution in [-0.2, 0) is 0 Å². The highest BCUT2D eigenvalue weighted by Crippen LogP contribution is 2.28. The van der Waals surface area contributed by atoms with Gasteiger partial charge < -0.3 is 10.5 Å². The molecule has 4 heteroatoms. The predicted octanol–water partition coefficient (Wildman–Crippen LogP) is 3.30. The van der Waals surface area contributed by atoms with Crippen LogP contribution in [-0.4, -0.2) is 11.1 Å². The highest BCUT2D eigenvalue weighted by Gasteiger charge is 2.18. The van der Waals surface area contributed by atoms with Crippen LogP contribution >= 0.6 is 23.8 Å². The van der Waals surface area contributed by atoms with Crippen LogP contribution < -0.4 is 10.5 Å². The van der Waals surface area contributed by atoms with Gasteiger partial charge in [-0.2, -0.15) is 0 Å². The Balaban J connectivity index is 2.21. The van der Waals surface area contributed by atoms with Gasteiger partial charge in [-0.25, -0.2) is 0 Å². The summed E-state index contributed by atoms with van der Waals surface area (Å²) in [6.07, 6.45) is 4.99. The van der Waals surface area contributed by atoms with Crippen molar-refractivity contribution in [3.8, 4) is 5.75 Å². The van der Waals surface area contributed by atoms with Crippen molar-refractivity contribution in [3.63, 3.8) is 0 Å². The maximum atomic E-state index is 5.91.